The molecule has 0 aliphatic carbocycles. The molecule has 8 heteroatoms. The summed E-state index contributed by atoms with van der Waals surface area (Å²) in [4.78, 5) is 17.2. The maximum atomic E-state index is 13.2. The smallest absolute Gasteiger partial charge is 0.255 e. The Labute approximate surface area is 173 Å². The molecule has 0 saturated carbocycles. The van der Waals surface area contributed by atoms with Gasteiger partial charge in [-0.1, -0.05) is 32.4 Å². The zero-order chi connectivity index (χ0) is 20.5. The molecule has 2 aliphatic rings. The number of sulfonamides is 1. The van der Waals surface area contributed by atoms with Crippen molar-refractivity contribution in [2.45, 2.75) is 32.1 Å². The Morgan fingerprint density at radius 2 is 1.71 bits per heavy atom. The molecule has 2 aliphatic heterocycles. The lowest BCUT2D eigenvalue weighted by Crippen LogP contribution is -2.48. The topological polar surface area (TPSA) is 60.9 Å². The van der Waals surface area contributed by atoms with Crippen molar-refractivity contribution in [1.82, 2.24) is 14.1 Å². The average molecular weight is 428 g/mol. The van der Waals surface area contributed by atoms with Crippen LogP contribution in [0.2, 0.25) is 5.02 Å². The number of likely N-dealkylation sites (N-methyl/N-ethyl adjacent to an activating group) is 1. The largest absolute Gasteiger partial charge is 0.336 e. The van der Waals surface area contributed by atoms with E-state index < -0.39 is 10.0 Å². The fourth-order valence-electron chi connectivity index (χ4n) is 4.22. The first-order valence-corrected chi connectivity index (χ1v) is 11.9. The van der Waals surface area contributed by atoms with Crippen molar-refractivity contribution in [1.29, 1.82) is 0 Å². The molecule has 0 N–H and O–H groups in total. The summed E-state index contributed by atoms with van der Waals surface area (Å²) < 4.78 is 27.9. The number of amides is 1. The number of nitrogens with zero attached hydrogens (tertiary/aromatic N) is 3. The number of hydrogen-bond acceptors (Lipinski definition) is 4. The summed E-state index contributed by atoms with van der Waals surface area (Å²) in [7, 11) is -3.65. The predicted molar refractivity (Wildman–Crippen MR) is 111 cm³/mol. The fraction of sp³-hybridized carbons (Fsp3) is 0.650. The van der Waals surface area contributed by atoms with Crippen LogP contribution in [0.15, 0.2) is 23.1 Å². The summed E-state index contributed by atoms with van der Waals surface area (Å²) in [5.41, 5.74) is 0.269. The highest BCUT2D eigenvalue weighted by atomic mass is 35.5. The van der Waals surface area contributed by atoms with Gasteiger partial charge in [0.05, 0.1) is 15.5 Å². The molecular formula is C20H30ClN3O3S. The third-order valence-corrected chi connectivity index (χ3v) is 7.91. The number of carbonyl (C=O) groups is 1. The molecule has 156 valence electrons. The highest BCUT2D eigenvalue weighted by Gasteiger charge is 2.33. The Balaban J connectivity index is 1.84. The van der Waals surface area contributed by atoms with Gasteiger partial charge in [0.25, 0.3) is 5.91 Å². The van der Waals surface area contributed by atoms with Crippen LogP contribution in [0.1, 0.15) is 37.6 Å². The first kappa shape index (κ1) is 21.6. The lowest BCUT2D eigenvalue weighted by atomic mass is 9.94. The zero-order valence-corrected chi connectivity index (χ0v) is 18.5. The minimum absolute atomic E-state index is 0.147. The minimum atomic E-state index is -3.65. The second-order valence-corrected chi connectivity index (χ2v) is 10.5. The molecule has 0 bridgehead atoms. The number of carbonyl (C=O) groups excluding carboxylic acids is 1. The van der Waals surface area contributed by atoms with Gasteiger partial charge in [-0.15, -0.1) is 0 Å². The number of halogens is 1. The van der Waals surface area contributed by atoms with Crippen molar-refractivity contribution < 1.29 is 13.2 Å². The average Bonchev–Trinajstić information content (AvgIpc) is 2.67. The second kappa shape index (κ2) is 8.69. The Morgan fingerprint density at radius 1 is 1.11 bits per heavy atom. The third kappa shape index (κ3) is 4.53. The fourth-order valence-corrected chi connectivity index (χ4v) is 6.12. The number of piperidine rings is 1. The van der Waals surface area contributed by atoms with Crippen LogP contribution in [-0.4, -0.2) is 74.2 Å². The van der Waals surface area contributed by atoms with E-state index in [2.05, 4.69) is 25.7 Å². The van der Waals surface area contributed by atoms with Gasteiger partial charge < -0.3 is 9.80 Å². The summed E-state index contributed by atoms with van der Waals surface area (Å²) in [6.45, 7) is 11.1. The molecule has 0 spiro atoms. The van der Waals surface area contributed by atoms with E-state index >= 15 is 0 Å². The van der Waals surface area contributed by atoms with Crippen molar-refractivity contribution in [3.05, 3.63) is 28.8 Å². The third-order valence-electron chi connectivity index (χ3n) is 5.75. The van der Waals surface area contributed by atoms with Gasteiger partial charge in [0.1, 0.15) is 0 Å². The molecule has 3 rings (SSSR count). The SMILES string of the molecule is CCN1CCN(C(=O)c2cc(S(=O)(=O)N3C[C@@H](C)C[C@H](C)C3)ccc2Cl)CC1. The Morgan fingerprint density at radius 3 is 2.29 bits per heavy atom. The van der Waals surface area contributed by atoms with Gasteiger partial charge in [-0.3, -0.25) is 4.79 Å². The van der Waals surface area contributed by atoms with Crippen molar-refractivity contribution in [2.75, 3.05) is 45.8 Å². The predicted octanol–water partition coefficient (Wildman–Crippen LogP) is 2.78. The Kier molecular flexibility index (Phi) is 6.69. The molecule has 2 heterocycles. The Bertz CT molecular complexity index is 812. The van der Waals surface area contributed by atoms with Crippen LogP contribution in [0.3, 0.4) is 0 Å². The molecule has 0 aromatic heterocycles. The highest BCUT2D eigenvalue weighted by molar-refractivity contribution is 7.89. The van der Waals surface area contributed by atoms with E-state index in [0.29, 0.717) is 43.0 Å². The van der Waals surface area contributed by atoms with Gasteiger partial charge in [0.15, 0.2) is 0 Å². The second-order valence-electron chi connectivity index (χ2n) is 8.14. The molecule has 2 atom stereocenters. The molecule has 2 fully saturated rings. The molecule has 0 radical (unpaired) electrons. The first-order chi connectivity index (χ1) is 13.2. The molecule has 1 amide bonds. The first-order valence-electron chi connectivity index (χ1n) is 10.0. The monoisotopic (exact) mass is 427 g/mol. The van der Waals surface area contributed by atoms with E-state index in [9.17, 15) is 13.2 Å². The standard InChI is InChI=1S/C20H30ClN3O3S/c1-4-22-7-9-23(10-8-22)20(25)18-12-17(5-6-19(18)21)28(26,27)24-13-15(2)11-16(3)14-24/h5-6,12,15-16H,4,7-11,13-14H2,1-3H3/t15-,16-/m0/s1. The highest BCUT2D eigenvalue weighted by Crippen LogP contribution is 2.29. The summed E-state index contributed by atoms with van der Waals surface area (Å²) >= 11 is 6.28. The van der Waals surface area contributed by atoms with Crippen LogP contribution in [0, 0.1) is 11.8 Å². The van der Waals surface area contributed by atoms with E-state index in [1.54, 1.807) is 9.21 Å². The van der Waals surface area contributed by atoms with Crippen molar-refractivity contribution in [3.63, 3.8) is 0 Å². The molecule has 1 aromatic rings. The minimum Gasteiger partial charge on any atom is -0.336 e. The number of piperazine rings is 1. The molecular weight excluding hydrogens is 398 g/mol. The molecule has 2 saturated heterocycles. The quantitative estimate of drug-likeness (QED) is 0.741. The van der Waals surface area contributed by atoms with Crippen LogP contribution >= 0.6 is 11.6 Å². The molecule has 28 heavy (non-hydrogen) atoms. The van der Waals surface area contributed by atoms with Crippen molar-refractivity contribution in [2.24, 2.45) is 11.8 Å². The maximum absolute atomic E-state index is 13.2. The van der Waals surface area contributed by atoms with Gasteiger partial charge in [0, 0.05) is 39.3 Å². The van der Waals surface area contributed by atoms with E-state index in [1.165, 1.54) is 18.2 Å². The number of benzene rings is 1. The van der Waals surface area contributed by atoms with Crippen LogP contribution < -0.4 is 0 Å². The summed E-state index contributed by atoms with van der Waals surface area (Å²) in [6, 6.07) is 4.49. The number of hydrogen-bond donors (Lipinski definition) is 0. The van der Waals surface area contributed by atoms with E-state index in [-0.39, 0.29) is 16.4 Å². The maximum Gasteiger partial charge on any atom is 0.255 e. The summed E-state index contributed by atoms with van der Waals surface area (Å²) in [5.74, 6) is 0.446. The van der Waals surface area contributed by atoms with Gasteiger partial charge in [-0.05, 0) is 43.0 Å². The summed E-state index contributed by atoms with van der Waals surface area (Å²) in [6.07, 6.45) is 1.03. The zero-order valence-electron chi connectivity index (χ0n) is 16.9. The molecule has 1 aromatic carbocycles. The lowest BCUT2D eigenvalue weighted by molar-refractivity contribution is 0.0643. The Hall–Kier alpha value is -1.15. The molecule has 0 unspecified atom stereocenters. The van der Waals surface area contributed by atoms with Gasteiger partial charge >= 0.3 is 0 Å². The van der Waals surface area contributed by atoms with E-state index in [4.69, 9.17) is 11.6 Å². The van der Waals surface area contributed by atoms with Gasteiger partial charge in [-0.25, -0.2) is 8.42 Å². The molecule has 6 nitrogen and oxygen atoms in total. The van der Waals surface area contributed by atoms with Crippen LogP contribution in [0.25, 0.3) is 0 Å². The van der Waals surface area contributed by atoms with Crippen LogP contribution in [-0.2, 0) is 10.0 Å². The van der Waals surface area contributed by atoms with Crippen LogP contribution in [0.4, 0.5) is 0 Å². The van der Waals surface area contributed by atoms with E-state index in [0.717, 1.165) is 26.1 Å². The van der Waals surface area contributed by atoms with E-state index in [1.807, 2.05) is 0 Å². The lowest BCUT2D eigenvalue weighted by Gasteiger charge is -2.35. The van der Waals surface area contributed by atoms with Crippen LogP contribution in [0.5, 0.6) is 0 Å². The van der Waals surface area contributed by atoms with Crippen molar-refractivity contribution >= 4 is 27.5 Å². The van der Waals surface area contributed by atoms with Crippen molar-refractivity contribution in [3.8, 4) is 0 Å². The normalized spacial score (nSPS) is 25.1. The van der Waals surface area contributed by atoms with Gasteiger partial charge in [-0.2, -0.15) is 4.31 Å². The number of rotatable bonds is 4. The summed E-state index contributed by atoms with van der Waals surface area (Å²) in [5, 5.41) is 0.294. The van der Waals surface area contributed by atoms with Gasteiger partial charge in [0.2, 0.25) is 10.0 Å².